The fraction of sp³-hybridized carbons (Fsp3) is 0.500. The number of rotatable bonds is 6. The lowest BCUT2D eigenvalue weighted by Crippen LogP contribution is -2.35. The molecule has 0 spiro atoms. The van der Waals surface area contributed by atoms with E-state index in [1.807, 2.05) is 43.3 Å². The van der Waals surface area contributed by atoms with Crippen LogP contribution in [0.15, 0.2) is 47.5 Å². The summed E-state index contributed by atoms with van der Waals surface area (Å²) in [6, 6.07) is 11.5. The van der Waals surface area contributed by atoms with E-state index in [0.717, 1.165) is 9.87 Å². The number of nitrogens with zero attached hydrogens (tertiary/aromatic N) is 2. The van der Waals surface area contributed by atoms with Gasteiger partial charge in [0, 0.05) is 25.2 Å². The Morgan fingerprint density at radius 2 is 1.81 bits per heavy atom. The van der Waals surface area contributed by atoms with E-state index in [-0.39, 0.29) is 5.41 Å². The Balaban J connectivity index is 1.63. The first-order valence-corrected chi connectivity index (χ1v) is 11.5. The summed E-state index contributed by atoms with van der Waals surface area (Å²) in [6.45, 7) is 12.4. The number of pyridine rings is 1. The molecular formula is C24H32N2O4S. The summed E-state index contributed by atoms with van der Waals surface area (Å²) in [4.78, 5) is 17.1. The fourth-order valence-electron chi connectivity index (χ4n) is 3.78. The lowest BCUT2D eigenvalue weighted by atomic mass is 10.0. The Hall–Kier alpha value is -2.41. The van der Waals surface area contributed by atoms with Gasteiger partial charge in [0.05, 0.1) is 11.5 Å². The zero-order valence-corrected chi connectivity index (χ0v) is 20.2. The molecule has 1 unspecified atom stereocenters. The number of amides is 1. The van der Waals surface area contributed by atoms with E-state index >= 15 is 0 Å². The third-order valence-corrected chi connectivity index (χ3v) is 7.01. The van der Waals surface area contributed by atoms with E-state index in [9.17, 15) is 9.00 Å². The van der Waals surface area contributed by atoms with Gasteiger partial charge in [0.25, 0.3) is 0 Å². The van der Waals surface area contributed by atoms with Gasteiger partial charge in [-0.3, -0.25) is 0 Å². The molecule has 1 aliphatic carbocycles. The van der Waals surface area contributed by atoms with Gasteiger partial charge in [0.1, 0.15) is 5.60 Å². The third kappa shape index (κ3) is 5.45. The third-order valence-electron chi connectivity index (χ3n) is 5.69. The first-order valence-electron chi connectivity index (χ1n) is 10.4. The highest BCUT2D eigenvalue weighted by molar-refractivity contribution is 7.83. The number of carbonyl (C=O) groups excluding carboxylic acids is 1. The van der Waals surface area contributed by atoms with Crippen molar-refractivity contribution in [2.24, 2.45) is 11.3 Å². The molecule has 3 atom stereocenters. The Morgan fingerprint density at radius 1 is 1.16 bits per heavy atom. The van der Waals surface area contributed by atoms with Gasteiger partial charge in [0.15, 0.2) is 11.0 Å². The summed E-state index contributed by atoms with van der Waals surface area (Å²) in [5.41, 5.74) is 1.75. The molecule has 0 N–H and O–H groups in total. The molecule has 1 aliphatic rings. The summed E-state index contributed by atoms with van der Waals surface area (Å²) in [7, 11) is -0.146. The van der Waals surface area contributed by atoms with Gasteiger partial charge in [0.2, 0.25) is 5.88 Å². The molecule has 7 heteroatoms. The maximum absolute atomic E-state index is 12.8. The molecule has 1 fully saturated rings. The highest BCUT2D eigenvalue weighted by Gasteiger charge is 2.58. The van der Waals surface area contributed by atoms with E-state index in [1.165, 1.54) is 12.6 Å². The Kier molecular flexibility index (Phi) is 6.46. The summed E-state index contributed by atoms with van der Waals surface area (Å²) in [5.74, 6) is 1.36. The molecule has 3 rings (SSSR count). The van der Waals surface area contributed by atoms with Gasteiger partial charge in [-0.15, -0.1) is 0 Å². The zero-order chi connectivity index (χ0) is 23.0. The van der Waals surface area contributed by atoms with Crippen molar-refractivity contribution in [1.29, 1.82) is 0 Å². The minimum atomic E-state index is -1.63. The van der Waals surface area contributed by atoms with Gasteiger partial charge in [-0.1, -0.05) is 32.0 Å². The summed E-state index contributed by atoms with van der Waals surface area (Å²) >= 11 is 0. The van der Waals surface area contributed by atoms with Crippen molar-refractivity contribution in [3.63, 3.8) is 0 Å². The van der Waals surface area contributed by atoms with E-state index in [1.54, 1.807) is 27.0 Å². The van der Waals surface area contributed by atoms with Crippen molar-refractivity contribution >= 4 is 17.1 Å². The molecule has 168 valence electrons. The van der Waals surface area contributed by atoms with Crippen LogP contribution in [0.1, 0.15) is 51.7 Å². The zero-order valence-electron chi connectivity index (χ0n) is 19.3. The van der Waals surface area contributed by atoms with Crippen molar-refractivity contribution < 1.29 is 18.5 Å². The molecule has 31 heavy (non-hydrogen) atoms. The van der Waals surface area contributed by atoms with Crippen LogP contribution >= 0.6 is 0 Å². The van der Waals surface area contributed by atoms with Crippen molar-refractivity contribution in [3.8, 4) is 5.88 Å². The molecular weight excluding hydrogens is 412 g/mol. The number of ether oxygens (including phenoxy) is 2. The molecule has 0 bridgehead atoms. The van der Waals surface area contributed by atoms with Crippen LogP contribution in [-0.4, -0.2) is 38.8 Å². The van der Waals surface area contributed by atoms with Crippen LogP contribution in [-0.2, 0) is 15.7 Å². The SMILES string of the molecule is Cc1ccc(OC[C@@H]2[C@@H](c3ccc(S(=O)N(C)C(=O)OC(C)(C)C)cc3)C2(C)C)nc1. The van der Waals surface area contributed by atoms with Gasteiger partial charge in [-0.05, 0) is 62.3 Å². The van der Waals surface area contributed by atoms with E-state index in [0.29, 0.717) is 29.2 Å². The van der Waals surface area contributed by atoms with Crippen molar-refractivity contribution in [2.45, 2.75) is 58.0 Å². The van der Waals surface area contributed by atoms with Crippen LogP contribution in [0.3, 0.4) is 0 Å². The van der Waals surface area contributed by atoms with Crippen molar-refractivity contribution in [1.82, 2.24) is 9.29 Å². The van der Waals surface area contributed by atoms with Crippen LogP contribution in [0.25, 0.3) is 0 Å². The Bertz CT molecular complexity index is 949. The Labute approximate surface area is 187 Å². The second kappa shape index (κ2) is 8.61. The summed E-state index contributed by atoms with van der Waals surface area (Å²) < 4.78 is 25.1. The average Bonchev–Trinajstić information content (AvgIpc) is 3.25. The summed E-state index contributed by atoms with van der Waals surface area (Å²) in [6.07, 6.45) is 1.19. The molecule has 0 radical (unpaired) electrons. The molecule has 1 aromatic heterocycles. The van der Waals surface area contributed by atoms with Gasteiger partial charge < -0.3 is 9.47 Å². The fourth-order valence-corrected chi connectivity index (χ4v) is 4.63. The molecule has 2 aromatic rings. The van der Waals surface area contributed by atoms with Crippen LogP contribution < -0.4 is 4.74 Å². The predicted molar refractivity (Wildman–Crippen MR) is 121 cm³/mol. The predicted octanol–water partition coefficient (Wildman–Crippen LogP) is 5.10. The quantitative estimate of drug-likeness (QED) is 0.620. The minimum absolute atomic E-state index is 0.110. The standard InChI is InChI=1S/C24H32N2O4S/c1-16-8-13-20(25-14-16)29-15-19-21(24(19,5)6)17-9-11-18(12-10-17)31(28)26(7)22(27)30-23(2,3)4/h8-14,19,21H,15H2,1-7H3/t19-,21-,31?/m1/s1. The largest absolute Gasteiger partial charge is 0.477 e. The van der Waals surface area contributed by atoms with Gasteiger partial charge >= 0.3 is 6.09 Å². The normalized spacial score (nSPS) is 20.6. The highest BCUT2D eigenvalue weighted by atomic mass is 32.2. The minimum Gasteiger partial charge on any atom is -0.477 e. The number of benzene rings is 1. The Morgan fingerprint density at radius 3 is 2.35 bits per heavy atom. The second-order valence-corrected chi connectivity index (χ2v) is 11.2. The molecule has 1 saturated carbocycles. The van der Waals surface area contributed by atoms with E-state index < -0.39 is 22.7 Å². The van der Waals surface area contributed by atoms with Crippen LogP contribution in [0.2, 0.25) is 0 Å². The molecule has 1 heterocycles. The average molecular weight is 445 g/mol. The number of carbonyl (C=O) groups is 1. The number of aryl methyl sites for hydroxylation is 1. The van der Waals surface area contributed by atoms with E-state index in [2.05, 4.69) is 18.8 Å². The lowest BCUT2D eigenvalue weighted by Gasteiger charge is -2.23. The molecule has 1 aromatic carbocycles. The monoisotopic (exact) mass is 444 g/mol. The van der Waals surface area contributed by atoms with Crippen LogP contribution in [0.5, 0.6) is 5.88 Å². The van der Waals surface area contributed by atoms with Crippen LogP contribution in [0.4, 0.5) is 4.79 Å². The molecule has 1 amide bonds. The first-order chi connectivity index (χ1) is 14.4. The number of aromatic nitrogens is 1. The van der Waals surface area contributed by atoms with Gasteiger partial charge in [-0.25, -0.2) is 18.3 Å². The summed E-state index contributed by atoms with van der Waals surface area (Å²) in [5, 5.41) is 0. The second-order valence-electron chi connectivity index (χ2n) is 9.69. The number of hydrogen-bond acceptors (Lipinski definition) is 5. The highest BCUT2D eigenvalue weighted by Crippen LogP contribution is 2.64. The topological polar surface area (TPSA) is 68.7 Å². The molecule has 0 saturated heterocycles. The maximum Gasteiger partial charge on any atom is 0.422 e. The van der Waals surface area contributed by atoms with E-state index in [4.69, 9.17) is 9.47 Å². The molecule has 6 nitrogen and oxygen atoms in total. The lowest BCUT2D eigenvalue weighted by molar-refractivity contribution is 0.0426. The maximum atomic E-state index is 12.8. The molecule has 0 aliphatic heterocycles. The number of hydrogen-bond donors (Lipinski definition) is 0. The van der Waals surface area contributed by atoms with Crippen molar-refractivity contribution in [3.05, 3.63) is 53.7 Å². The smallest absolute Gasteiger partial charge is 0.422 e. The van der Waals surface area contributed by atoms with Gasteiger partial charge in [-0.2, -0.15) is 0 Å². The first kappa shape index (κ1) is 23.3. The van der Waals surface area contributed by atoms with Crippen LogP contribution in [0, 0.1) is 18.3 Å². The van der Waals surface area contributed by atoms with Crippen molar-refractivity contribution in [2.75, 3.05) is 13.7 Å².